The molecule has 4 heteroatoms. The average molecular weight is 237 g/mol. The molecule has 1 aromatic carbocycles. The molecule has 0 aliphatic heterocycles. The summed E-state index contributed by atoms with van der Waals surface area (Å²) in [6.07, 6.45) is -0.00400. The van der Waals surface area contributed by atoms with Crippen LogP contribution in [-0.4, -0.2) is 18.8 Å². The van der Waals surface area contributed by atoms with Gasteiger partial charge in [0, 0.05) is 15.6 Å². The van der Waals surface area contributed by atoms with Gasteiger partial charge in [0.2, 0.25) is 0 Å². The van der Waals surface area contributed by atoms with Crippen LogP contribution in [-0.2, 0) is 0 Å². The zero-order valence-corrected chi connectivity index (χ0v) is 9.96. The van der Waals surface area contributed by atoms with Crippen molar-refractivity contribution in [2.45, 2.75) is 12.5 Å². The van der Waals surface area contributed by atoms with Crippen LogP contribution >= 0.6 is 11.3 Å². The minimum absolute atomic E-state index is 0.464. The Bertz CT molecular complexity index is 481. The third-order valence-corrected chi connectivity index (χ3v) is 3.50. The lowest BCUT2D eigenvalue weighted by molar-refractivity contribution is 0.166. The molecule has 0 spiro atoms. The largest absolute Gasteiger partial charge is 0.496 e. The molecular weight excluding hydrogens is 222 g/mol. The molecule has 3 nitrogen and oxygen atoms in total. The highest BCUT2D eigenvalue weighted by Crippen LogP contribution is 2.36. The molecule has 16 heavy (non-hydrogen) atoms. The second-order valence-electron chi connectivity index (χ2n) is 3.61. The summed E-state index contributed by atoms with van der Waals surface area (Å²) in [5, 5.41) is 13.0. The van der Waals surface area contributed by atoms with E-state index < -0.39 is 6.10 Å². The predicted molar refractivity (Wildman–Crippen MR) is 67.0 cm³/mol. The highest BCUT2D eigenvalue weighted by molar-refractivity contribution is 7.17. The van der Waals surface area contributed by atoms with Gasteiger partial charge in [-0.05, 0) is 30.5 Å². The van der Waals surface area contributed by atoms with E-state index in [2.05, 4.69) is 0 Å². The van der Waals surface area contributed by atoms with Gasteiger partial charge in [-0.15, -0.1) is 11.3 Å². The van der Waals surface area contributed by atoms with E-state index in [4.69, 9.17) is 10.5 Å². The molecule has 0 saturated carbocycles. The van der Waals surface area contributed by atoms with E-state index in [1.165, 1.54) is 4.70 Å². The highest BCUT2D eigenvalue weighted by Gasteiger charge is 2.15. The maximum absolute atomic E-state index is 9.97. The molecule has 1 atom stereocenters. The molecule has 0 aliphatic carbocycles. The number of nitrogens with two attached hydrogens (primary N) is 1. The van der Waals surface area contributed by atoms with Gasteiger partial charge in [0.25, 0.3) is 0 Å². The predicted octanol–water partition coefficient (Wildman–Crippen LogP) is 2.29. The number of fused-ring (bicyclic) bond motifs is 1. The summed E-state index contributed by atoms with van der Waals surface area (Å²) >= 11 is 1.66. The highest BCUT2D eigenvalue weighted by atomic mass is 32.1. The van der Waals surface area contributed by atoms with Gasteiger partial charge in [-0.2, -0.15) is 0 Å². The molecule has 1 heterocycles. The van der Waals surface area contributed by atoms with Crippen LogP contribution in [0.15, 0.2) is 23.6 Å². The van der Waals surface area contributed by atoms with Crippen molar-refractivity contribution in [1.29, 1.82) is 0 Å². The summed E-state index contributed by atoms with van der Waals surface area (Å²) in [4.78, 5) is 0. The van der Waals surface area contributed by atoms with Crippen molar-refractivity contribution in [1.82, 2.24) is 0 Å². The van der Waals surface area contributed by atoms with E-state index in [0.717, 1.165) is 16.7 Å². The first-order chi connectivity index (χ1) is 7.77. The van der Waals surface area contributed by atoms with Gasteiger partial charge in [0.15, 0.2) is 0 Å². The van der Waals surface area contributed by atoms with Crippen LogP contribution in [0.2, 0.25) is 0 Å². The number of thiophene rings is 1. The van der Waals surface area contributed by atoms with Gasteiger partial charge in [0.05, 0.1) is 13.2 Å². The Morgan fingerprint density at radius 2 is 2.25 bits per heavy atom. The Hall–Kier alpha value is -1.10. The first kappa shape index (κ1) is 11.4. The number of rotatable bonds is 4. The second-order valence-corrected chi connectivity index (χ2v) is 4.56. The fraction of sp³-hybridized carbons (Fsp3) is 0.333. The molecule has 0 bridgehead atoms. The van der Waals surface area contributed by atoms with Crippen LogP contribution < -0.4 is 10.5 Å². The summed E-state index contributed by atoms with van der Waals surface area (Å²) < 4.78 is 6.56. The summed E-state index contributed by atoms with van der Waals surface area (Å²) in [7, 11) is 1.63. The third-order valence-electron chi connectivity index (χ3n) is 2.62. The van der Waals surface area contributed by atoms with Crippen molar-refractivity contribution >= 4 is 21.4 Å². The Morgan fingerprint density at radius 3 is 2.94 bits per heavy atom. The van der Waals surface area contributed by atoms with Crippen molar-refractivity contribution in [3.8, 4) is 5.75 Å². The van der Waals surface area contributed by atoms with Crippen LogP contribution in [0.1, 0.15) is 18.1 Å². The first-order valence-corrected chi connectivity index (χ1v) is 6.08. The number of hydrogen-bond donors (Lipinski definition) is 2. The Morgan fingerprint density at radius 1 is 1.44 bits per heavy atom. The van der Waals surface area contributed by atoms with Crippen LogP contribution in [0.5, 0.6) is 5.75 Å². The van der Waals surface area contributed by atoms with E-state index in [9.17, 15) is 5.11 Å². The lowest BCUT2D eigenvalue weighted by Gasteiger charge is -2.14. The van der Waals surface area contributed by atoms with Crippen molar-refractivity contribution in [3.63, 3.8) is 0 Å². The van der Waals surface area contributed by atoms with E-state index in [0.29, 0.717) is 13.0 Å². The quantitative estimate of drug-likeness (QED) is 0.857. The van der Waals surface area contributed by atoms with Crippen molar-refractivity contribution < 1.29 is 9.84 Å². The van der Waals surface area contributed by atoms with Crippen LogP contribution in [0.3, 0.4) is 0 Å². The molecule has 2 aromatic rings. The standard InChI is InChI=1S/C12H15NO2S/c1-15-12-8(10(14)4-6-13)2-3-11-9(12)5-7-16-11/h2-3,5,7,10,14H,4,6,13H2,1H3. The number of aliphatic hydroxyl groups excluding tert-OH is 1. The number of methoxy groups -OCH3 is 1. The number of aliphatic hydroxyl groups is 1. The van der Waals surface area contributed by atoms with E-state index in [1.807, 2.05) is 23.6 Å². The van der Waals surface area contributed by atoms with Gasteiger partial charge in [0.1, 0.15) is 5.75 Å². The van der Waals surface area contributed by atoms with Crippen LogP contribution in [0.4, 0.5) is 0 Å². The summed E-state index contributed by atoms with van der Waals surface area (Å²) in [6.45, 7) is 0.464. The zero-order valence-electron chi connectivity index (χ0n) is 9.14. The minimum Gasteiger partial charge on any atom is -0.496 e. The molecule has 86 valence electrons. The summed E-state index contributed by atoms with van der Waals surface area (Å²) in [5.41, 5.74) is 6.27. The molecule has 0 aliphatic rings. The molecule has 0 amide bonds. The zero-order chi connectivity index (χ0) is 11.5. The molecular formula is C12H15NO2S. The summed E-state index contributed by atoms with van der Waals surface area (Å²) in [6, 6.07) is 5.94. The van der Waals surface area contributed by atoms with Gasteiger partial charge >= 0.3 is 0 Å². The third kappa shape index (κ3) is 1.91. The molecule has 0 radical (unpaired) electrons. The van der Waals surface area contributed by atoms with Gasteiger partial charge in [-0.1, -0.05) is 6.07 Å². The van der Waals surface area contributed by atoms with Crippen molar-refractivity contribution in [2.75, 3.05) is 13.7 Å². The van der Waals surface area contributed by atoms with Crippen LogP contribution in [0.25, 0.3) is 10.1 Å². The van der Waals surface area contributed by atoms with Crippen LogP contribution in [0, 0.1) is 0 Å². The number of ether oxygens (including phenoxy) is 1. The Kier molecular flexibility index (Phi) is 3.43. The van der Waals surface area contributed by atoms with E-state index >= 15 is 0 Å². The molecule has 2 rings (SSSR count). The van der Waals surface area contributed by atoms with Gasteiger partial charge < -0.3 is 15.6 Å². The SMILES string of the molecule is COc1c(C(O)CCN)ccc2sccc12. The molecule has 0 fully saturated rings. The average Bonchev–Trinajstić information content (AvgIpc) is 2.75. The second kappa shape index (κ2) is 4.82. The van der Waals surface area contributed by atoms with E-state index in [-0.39, 0.29) is 0 Å². The molecule has 1 unspecified atom stereocenters. The van der Waals surface area contributed by atoms with Crippen molar-refractivity contribution in [3.05, 3.63) is 29.1 Å². The molecule has 1 aromatic heterocycles. The first-order valence-electron chi connectivity index (χ1n) is 5.20. The Balaban J connectivity index is 2.51. The number of benzene rings is 1. The molecule has 3 N–H and O–H groups in total. The van der Waals surface area contributed by atoms with E-state index in [1.54, 1.807) is 18.4 Å². The van der Waals surface area contributed by atoms with Gasteiger partial charge in [-0.25, -0.2) is 0 Å². The fourth-order valence-corrected chi connectivity index (χ4v) is 2.62. The summed E-state index contributed by atoms with van der Waals surface area (Å²) in [5.74, 6) is 0.764. The monoisotopic (exact) mass is 237 g/mol. The van der Waals surface area contributed by atoms with Crippen molar-refractivity contribution in [2.24, 2.45) is 5.73 Å². The maximum atomic E-state index is 9.97. The fourth-order valence-electron chi connectivity index (χ4n) is 1.84. The minimum atomic E-state index is -0.552. The molecule has 0 saturated heterocycles. The Labute approximate surface area is 98.5 Å². The van der Waals surface area contributed by atoms with Gasteiger partial charge in [-0.3, -0.25) is 0 Å². The lowest BCUT2D eigenvalue weighted by atomic mass is 10.0. The smallest absolute Gasteiger partial charge is 0.133 e. The normalized spacial score (nSPS) is 12.9. The number of hydrogen-bond acceptors (Lipinski definition) is 4. The topological polar surface area (TPSA) is 55.5 Å². The lowest BCUT2D eigenvalue weighted by Crippen LogP contribution is -2.07. The maximum Gasteiger partial charge on any atom is 0.133 e.